The summed E-state index contributed by atoms with van der Waals surface area (Å²) in [5.41, 5.74) is -4.63. The van der Waals surface area contributed by atoms with Gasteiger partial charge < -0.3 is 4.98 Å². The molecule has 0 atom stereocenters. The first-order valence-corrected chi connectivity index (χ1v) is 11.4. The summed E-state index contributed by atoms with van der Waals surface area (Å²) in [6.45, 7) is 0. The third kappa shape index (κ3) is 5.32. The van der Waals surface area contributed by atoms with Gasteiger partial charge in [0.1, 0.15) is 5.82 Å². The second kappa shape index (κ2) is 8.77. The maximum absolute atomic E-state index is 12.9. The van der Waals surface area contributed by atoms with Gasteiger partial charge in [0.25, 0.3) is 0 Å². The molecule has 0 aliphatic rings. The number of imidazole rings is 1. The van der Waals surface area contributed by atoms with Gasteiger partial charge in [0, 0.05) is 5.56 Å². The van der Waals surface area contributed by atoms with Gasteiger partial charge in [-0.3, -0.25) is 4.72 Å². The van der Waals surface area contributed by atoms with E-state index in [0.29, 0.717) is 28.0 Å². The molecule has 35 heavy (non-hydrogen) atoms. The number of fused-ring (bicyclic) bond motifs is 1. The van der Waals surface area contributed by atoms with Crippen LogP contribution >= 0.6 is 0 Å². The van der Waals surface area contributed by atoms with E-state index in [1.165, 1.54) is 42.5 Å². The van der Waals surface area contributed by atoms with Crippen LogP contribution in [0.1, 0.15) is 17.0 Å². The van der Waals surface area contributed by atoms with Gasteiger partial charge in [-0.05, 0) is 47.5 Å². The fraction of sp³-hybridized carbons (Fsp3) is 0.0870. The van der Waals surface area contributed by atoms with E-state index in [1.54, 1.807) is 29.0 Å². The molecule has 0 radical (unpaired) electrons. The Labute approximate surface area is 195 Å². The van der Waals surface area contributed by atoms with Crippen molar-refractivity contribution >= 4 is 38.9 Å². The Morgan fingerprint density at radius 3 is 2.31 bits per heavy atom. The molecule has 0 aliphatic carbocycles. The molecule has 0 fully saturated rings. The lowest BCUT2D eigenvalue weighted by Gasteiger charge is -2.14. The van der Waals surface area contributed by atoms with Crippen LogP contribution in [0.5, 0.6) is 0 Å². The quantitative estimate of drug-likeness (QED) is 0.294. The van der Waals surface area contributed by atoms with Crippen molar-refractivity contribution in [3.05, 3.63) is 83.7 Å². The van der Waals surface area contributed by atoms with Crippen molar-refractivity contribution in [1.82, 2.24) is 9.97 Å². The topological polar surface area (TPSA) is 74.8 Å². The van der Waals surface area contributed by atoms with Gasteiger partial charge in [0.2, 0.25) is 0 Å². The van der Waals surface area contributed by atoms with E-state index in [4.69, 9.17) is 0 Å². The third-order valence-electron chi connectivity index (χ3n) is 4.94. The second-order valence-corrected chi connectivity index (χ2v) is 9.08. The predicted octanol–water partition coefficient (Wildman–Crippen LogP) is 6.68. The van der Waals surface area contributed by atoms with Crippen molar-refractivity contribution < 1.29 is 34.8 Å². The number of hydrogen-bond donors (Lipinski definition) is 2. The number of nitrogens with zero attached hydrogens (tertiary/aromatic N) is 1. The molecule has 5 nitrogen and oxygen atoms in total. The predicted molar refractivity (Wildman–Crippen MR) is 120 cm³/mol. The summed E-state index contributed by atoms with van der Waals surface area (Å²) in [7, 11) is -5.62. The highest BCUT2D eigenvalue weighted by Crippen LogP contribution is 2.33. The Hall–Kier alpha value is -3.80. The molecule has 0 aliphatic heterocycles. The standard InChI is InChI=1S/C23H15F6N3O2S/c24-22(25,26)16-5-3-4-14(12-16)8-11-21-30-19-10-9-15(13-20(19)31-21)17-6-1-2-7-18(17)32-35(33,34)23(27,28)29/h1-13,32H,(H,30,31)/b11-8+. The Morgan fingerprint density at radius 2 is 1.60 bits per heavy atom. The Morgan fingerprint density at radius 1 is 0.857 bits per heavy atom. The smallest absolute Gasteiger partial charge is 0.338 e. The molecule has 1 aromatic heterocycles. The van der Waals surface area contributed by atoms with E-state index >= 15 is 0 Å². The van der Waals surface area contributed by atoms with Crippen LogP contribution in [0.2, 0.25) is 0 Å². The molecule has 182 valence electrons. The van der Waals surface area contributed by atoms with Crippen LogP contribution < -0.4 is 4.72 Å². The van der Waals surface area contributed by atoms with Gasteiger partial charge in [-0.1, -0.05) is 42.5 Å². The van der Waals surface area contributed by atoms with Gasteiger partial charge in [-0.25, -0.2) is 4.98 Å². The van der Waals surface area contributed by atoms with Gasteiger partial charge in [0.15, 0.2) is 0 Å². The number of benzene rings is 3. The molecule has 2 N–H and O–H groups in total. The fourth-order valence-electron chi connectivity index (χ4n) is 3.29. The molecule has 0 saturated carbocycles. The Balaban J connectivity index is 1.64. The Kier molecular flexibility index (Phi) is 6.09. The van der Waals surface area contributed by atoms with Gasteiger partial charge >= 0.3 is 21.7 Å². The van der Waals surface area contributed by atoms with E-state index in [0.717, 1.165) is 12.1 Å². The molecule has 0 spiro atoms. The van der Waals surface area contributed by atoms with Gasteiger partial charge in [0.05, 0.1) is 22.3 Å². The molecule has 0 bridgehead atoms. The lowest BCUT2D eigenvalue weighted by Crippen LogP contribution is -2.30. The van der Waals surface area contributed by atoms with Crippen LogP contribution in [0.15, 0.2) is 66.7 Å². The number of halogens is 6. The summed E-state index contributed by atoms with van der Waals surface area (Å²) in [6, 6.07) is 15.1. The maximum atomic E-state index is 12.9. The number of para-hydroxylation sites is 1. The third-order valence-corrected chi connectivity index (χ3v) is 6.03. The van der Waals surface area contributed by atoms with Crippen molar-refractivity contribution in [1.29, 1.82) is 0 Å². The highest BCUT2D eigenvalue weighted by atomic mass is 32.2. The van der Waals surface area contributed by atoms with E-state index in [-0.39, 0.29) is 11.3 Å². The largest absolute Gasteiger partial charge is 0.516 e. The number of alkyl halides is 6. The minimum Gasteiger partial charge on any atom is -0.338 e. The van der Waals surface area contributed by atoms with Crippen LogP contribution in [-0.2, 0) is 16.2 Å². The number of rotatable bonds is 5. The first kappa shape index (κ1) is 24.3. The molecule has 4 aromatic rings. The lowest BCUT2D eigenvalue weighted by atomic mass is 10.0. The second-order valence-electron chi connectivity index (χ2n) is 7.41. The monoisotopic (exact) mass is 511 g/mol. The fourth-order valence-corrected chi connectivity index (χ4v) is 3.88. The molecule has 0 saturated heterocycles. The number of hydrogen-bond acceptors (Lipinski definition) is 3. The van der Waals surface area contributed by atoms with Gasteiger partial charge in [-0.2, -0.15) is 34.8 Å². The minimum atomic E-state index is -5.62. The summed E-state index contributed by atoms with van der Waals surface area (Å²) in [6.07, 6.45) is -1.53. The Bertz CT molecular complexity index is 1520. The molecule has 12 heteroatoms. The highest BCUT2D eigenvalue weighted by molar-refractivity contribution is 7.93. The van der Waals surface area contributed by atoms with E-state index < -0.39 is 27.3 Å². The first-order chi connectivity index (χ1) is 16.3. The van der Waals surface area contributed by atoms with Crippen molar-refractivity contribution in [2.75, 3.05) is 4.72 Å². The van der Waals surface area contributed by atoms with Crippen LogP contribution in [0.25, 0.3) is 34.3 Å². The summed E-state index contributed by atoms with van der Waals surface area (Å²) in [5, 5.41) is 0. The zero-order valence-corrected chi connectivity index (χ0v) is 18.3. The number of sulfonamides is 1. The zero-order valence-electron chi connectivity index (χ0n) is 17.4. The molecular formula is C23H15F6N3O2S. The van der Waals surface area contributed by atoms with Crippen molar-refractivity contribution in [3.63, 3.8) is 0 Å². The van der Waals surface area contributed by atoms with Crippen LogP contribution in [0.4, 0.5) is 32.0 Å². The average Bonchev–Trinajstić information content (AvgIpc) is 3.19. The molecule has 4 rings (SSSR count). The van der Waals surface area contributed by atoms with E-state index in [2.05, 4.69) is 9.97 Å². The molecule has 3 aromatic carbocycles. The first-order valence-electron chi connectivity index (χ1n) is 9.87. The van der Waals surface area contributed by atoms with Crippen LogP contribution in [-0.4, -0.2) is 23.9 Å². The van der Waals surface area contributed by atoms with Crippen molar-refractivity contribution in [2.24, 2.45) is 0 Å². The van der Waals surface area contributed by atoms with E-state index in [1.807, 2.05) is 0 Å². The number of aromatic nitrogens is 2. The molecule has 0 unspecified atom stereocenters. The van der Waals surface area contributed by atoms with E-state index in [9.17, 15) is 34.8 Å². The number of nitrogens with one attached hydrogen (secondary N) is 2. The normalized spacial score (nSPS) is 13.0. The summed E-state index contributed by atoms with van der Waals surface area (Å²) < 4.78 is 102. The minimum absolute atomic E-state index is 0.200. The van der Waals surface area contributed by atoms with Gasteiger partial charge in [-0.15, -0.1) is 0 Å². The number of H-pyrrole nitrogens is 1. The number of aromatic amines is 1. The SMILES string of the molecule is O=S(=O)(Nc1ccccc1-c1ccc2[nH]c(/C=C/c3cccc(C(F)(F)F)c3)nc2c1)C(F)(F)F. The molecular weight excluding hydrogens is 496 g/mol. The lowest BCUT2D eigenvalue weighted by molar-refractivity contribution is -0.137. The summed E-state index contributed by atoms with van der Waals surface area (Å²) in [4.78, 5) is 7.33. The molecule has 0 amide bonds. The van der Waals surface area contributed by atoms with Crippen molar-refractivity contribution in [3.8, 4) is 11.1 Å². The summed E-state index contributed by atoms with van der Waals surface area (Å²) >= 11 is 0. The highest BCUT2D eigenvalue weighted by Gasteiger charge is 2.46. The van der Waals surface area contributed by atoms with Crippen LogP contribution in [0.3, 0.4) is 0 Å². The average molecular weight is 511 g/mol. The van der Waals surface area contributed by atoms with Crippen LogP contribution in [0, 0.1) is 0 Å². The maximum Gasteiger partial charge on any atom is 0.516 e. The zero-order chi connectivity index (χ0) is 25.4. The number of anilines is 1. The molecule has 1 heterocycles. The van der Waals surface area contributed by atoms with Crippen molar-refractivity contribution in [2.45, 2.75) is 11.7 Å². The summed E-state index contributed by atoms with van der Waals surface area (Å²) in [5.74, 6) is 0.334.